The molecule has 2 saturated heterocycles. The number of carbonyl (C=O) groups is 1. The zero-order chi connectivity index (χ0) is 13.2. The lowest BCUT2D eigenvalue weighted by Crippen LogP contribution is -2.43. The Morgan fingerprint density at radius 2 is 2.42 bits per heavy atom. The van der Waals surface area contributed by atoms with E-state index in [-0.39, 0.29) is 5.91 Å². The number of hydrogen-bond donors (Lipinski definition) is 1. The Kier molecular flexibility index (Phi) is 3.74. The zero-order valence-electron chi connectivity index (χ0n) is 11.1. The molecule has 104 valence electrons. The summed E-state index contributed by atoms with van der Waals surface area (Å²) in [5.41, 5.74) is 0.480. The lowest BCUT2D eigenvalue weighted by molar-refractivity contribution is 0.0755. The second kappa shape index (κ2) is 5.50. The highest BCUT2D eigenvalue weighted by atomic mass is 32.2. The maximum Gasteiger partial charge on any atom is 0.276 e. The molecule has 0 aromatic carbocycles. The summed E-state index contributed by atoms with van der Waals surface area (Å²) in [5.74, 6) is 1.04. The lowest BCUT2D eigenvalue weighted by atomic mass is 10.2. The molecule has 1 amide bonds. The van der Waals surface area contributed by atoms with E-state index in [4.69, 9.17) is 0 Å². The quantitative estimate of drug-likeness (QED) is 0.868. The van der Waals surface area contributed by atoms with Gasteiger partial charge in [0.15, 0.2) is 5.69 Å². The molecule has 2 fully saturated rings. The maximum absolute atomic E-state index is 12.4. The van der Waals surface area contributed by atoms with E-state index in [0.29, 0.717) is 17.0 Å². The topological polar surface area (TPSA) is 63.1 Å². The minimum atomic E-state index is 0.0253. The Hall–Kier alpha value is -1.08. The van der Waals surface area contributed by atoms with Crippen LogP contribution in [0.5, 0.6) is 0 Å². The fourth-order valence-electron chi connectivity index (χ4n) is 2.33. The van der Waals surface area contributed by atoms with E-state index in [1.54, 1.807) is 10.9 Å². The van der Waals surface area contributed by atoms with Crippen molar-refractivity contribution in [2.24, 2.45) is 0 Å². The molecular weight excluding hydrogens is 262 g/mol. The van der Waals surface area contributed by atoms with Crippen LogP contribution in [0.1, 0.15) is 29.9 Å². The highest BCUT2D eigenvalue weighted by molar-refractivity contribution is 8.00. The van der Waals surface area contributed by atoms with E-state index >= 15 is 0 Å². The number of hydrogen-bond acceptors (Lipinski definition) is 5. The predicted octanol–water partition coefficient (Wildman–Crippen LogP) is 0.390. The minimum Gasteiger partial charge on any atom is -0.335 e. The second-order valence-corrected chi connectivity index (χ2v) is 6.46. The number of nitrogens with one attached hydrogen (secondary N) is 1. The second-order valence-electron chi connectivity index (χ2n) is 5.05. The summed E-state index contributed by atoms with van der Waals surface area (Å²) < 4.78 is 1.81. The molecule has 0 saturated carbocycles. The van der Waals surface area contributed by atoms with Crippen LogP contribution >= 0.6 is 11.8 Å². The van der Waals surface area contributed by atoms with Gasteiger partial charge in [-0.05, 0) is 6.42 Å². The number of thioether (sulfide) groups is 1. The Bertz CT molecular complexity index is 459. The van der Waals surface area contributed by atoms with Gasteiger partial charge in [-0.15, -0.1) is 5.10 Å². The maximum atomic E-state index is 12.4. The largest absolute Gasteiger partial charge is 0.335 e. The summed E-state index contributed by atoms with van der Waals surface area (Å²) in [6.45, 7) is 5.64. The fraction of sp³-hybridized carbons (Fsp3) is 0.750. The average molecular weight is 281 g/mol. The van der Waals surface area contributed by atoms with E-state index < -0.39 is 0 Å². The molecule has 7 heteroatoms. The number of rotatable bonds is 3. The minimum absolute atomic E-state index is 0.0253. The van der Waals surface area contributed by atoms with Gasteiger partial charge in [-0.1, -0.05) is 12.1 Å². The Morgan fingerprint density at radius 3 is 3.11 bits per heavy atom. The first-order valence-electron chi connectivity index (χ1n) is 6.81. The summed E-state index contributed by atoms with van der Waals surface area (Å²) in [6, 6.07) is 0.356. The molecule has 3 rings (SSSR count). The van der Waals surface area contributed by atoms with E-state index in [0.717, 1.165) is 38.4 Å². The Balaban J connectivity index is 1.67. The predicted molar refractivity (Wildman–Crippen MR) is 74.4 cm³/mol. The fourth-order valence-corrected chi connectivity index (χ4v) is 3.51. The summed E-state index contributed by atoms with van der Waals surface area (Å²) in [6.07, 6.45) is 2.89. The first-order valence-corrected chi connectivity index (χ1v) is 7.86. The van der Waals surface area contributed by atoms with Crippen molar-refractivity contribution in [2.45, 2.75) is 24.6 Å². The standard InChI is InChI=1S/C12H19N5OS/c1-2-10-7-16(3-4-19-10)12(18)11-8-17(15-14-11)9-5-13-6-9/h8-10,13H,2-7H2,1H3. The normalized spacial score (nSPS) is 24.3. The van der Waals surface area contributed by atoms with Crippen LogP contribution < -0.4 is 5.32 Å². The van der Waals surface area contributed by atoms with Crippen molar-refractivity contribution in [1.82, 2.24) is 25.2 Å². The third kappa shape index (κ3) is 2.62. The van der Waals surface area contributed by atoms with E-state index in [1.807, 2.05) is 16.7 Å². The zero-order valence-corrected chi connectivity index (χ0v) is 11.9. The van der Waals surface area contributed by atoms with Gasteiger partial charge in [0.25, 0.3) is 5.91 Å². The molecule has 3 heterocycles. The molecule has 2 aliphatic heterocycles. The van der Waals surface area contributed by atoms with Gasteiger partial charge in [0, 0.05) is 37.2 Å². The van der Waals surface area contributed by atoms with Crippen LogP contribution in [0.3, 0.4) is 0 Å². The van der Waals surface area contributed by atoms with Crippen LogP contribution in [-0.4, -0.2) is 63.0 Å². The van der Waals surface area contributed by atoms with Crippen molar-refractivity contribution in [1.29, 1.82) is 0 Å². The van der Waals surface area contributed by atoms with Crippen LogP contribution in [0, 0.1) is 0 Å². The molecule has 0 aliphatic carbocycles. The van der Waals surface area contributed by atoms with Crippen molar-refractivity contribution in [3.05, 3.63) is 11.9 Å². The molecule has 0 bridgehead atoms. The van der Waals surface area contributed by atoms with Crippen molar-refractivity contribution in [3.63, 3.8) is 0 Å². The molecule has 1 unspecified atom stereocenters. The molecule has 6 nitrogen and oxygen atoms in total. The average Bonchev–Trinajstić information content (AvgIpc) is 2.85. The molecule has 1 aromatic heterocycles. The SMILES string of the molecule is CCC1CN(C(=O)c2cn(C3CNC3)nn2)CCS1. The Labute approximate surface area is 116 Å². The number of aromatic nitrogens is 3. The molecule has 1 N–H and O–H groups in total. The molecule has 19 heavy (non-hydrogen) atoms. The highest BCUT2D eigenvalue weighted by Crippen LogP contribution is 2.22. The first-order chi connectivity index (χ1) is 9.28. The van der Waals surface area contributed by atoms with Gasteiger partial charge >= 0.3 is 0 Å². The summed E-state index contributed by atoms with van der Waals surface area (Å²) in [4.78, 5) is 14.3. The van der Waals surface area contributed by atoms with Gasteiger partial charge in [0.2, 0.25) is 0 Å². The molecule has 0 spiro atoms. The van der Waals surface area contributed by atoms with Crippen LogP contribution in [0.15, 0.2) is 6.20 Å². The van der Waals surface area contributed by atoms with Crippen LogP contribution in [0.25, 0.3) is 0 Å². The third-order valence-electron chi connectivity index (χ3n) is 3.74. The molecule has 1 atom stereocenters. The van der Waals surface area contributed by atoms with Gasteiger partial charge in [0.1, 0.15) is 0 Å². The lowest BCUT2D eigenvalue weighted by Gasteiger charge is -2.31. The van der Waals surface area contributed by atoms with Crippen LogP contribution in [-0.2, 0) is 0 Å². The number of amides is 1. The van der Waals surface area contributed by atoms with Gasteiger partial charge in [0.05, 0.1) is 12.2 Å². The summed E-state index contributed by atoms with van der Waals surface area (Å²) in [5, 5.41) is 11.8. The van der Waals surface area contributed by atoms with Crippen molar-refractivity contribution < 1.29 is 4.79 Å². The van der Waals surface area contributed by atoms with Crippen molar-refractivity contribution in [2.75, 3.05) is 31.9 Å². The first kappa shape index (κ1) is 12.9. The summed E-state index contributed by atoms with van der Waals surface area (Å²) >= 11 is 1.96. The monoisotopic (exact) mass is 281 g/mol. The van der Waals surface area contributed by atoms with Gasteiger partial charge in [-0.2, -0.15) is 11.8 Å². The Morgan fingerprint density at radius 1 is 1.58 bits per heavy atom. The van der Waals surface area contributed by atoms with Gasteiger partial charge < -0.3 is 10.2 Å². The molecule has 2 aliphatic rings. The van der Waals surface area contributed by atoms with Crippen LogP contribution in [0.2, 0.25) is 0 Å². The van der Waals surface area contributed by atoms with Gasteiger partial charge in [-0.25, -0.2) is 4.68 Å². The molecular formula is C12H19N5OS. The summed E-state index contributed by atoms with van der Waals surface area (Å²) in [7, 11) is 0. The smallest absolute Gasteiger partial charge is 0.276 e. The van der Waals surface area contributed by atoms with E-state index in [2.05, 4.69) is 22.6 Å². The highest BCUT2D eigenvalue weighted by Gasteiger charge is 2.27. The number of carbonyl (C=O) groups excluding carboxylic acids is 1. The third-order valence-corrected chi connectivity index (χ3v) is 5.12. The van der Waals surface area contributed by atoms with Gasteiger partial charge in [-0.3, -0.25) is 4.79 Å². The number of nitrogens with zero attached hydrogens (tertiary/aromatic N) is 4. The van der Waals surface area contributed by atoms with Crippen molar-refractivity contribution in [3.8, 4) is 0 Å². The van der Waals surface area contributed by atoms with E-state index in [1.165, 1.54) is 0 Å². The molecule has 0 radical (unpaired) electrons. The molecule has 1 aromatic rings. The van der Waals surface area contributed by atoms with Crippen LogP contribution in [0.4, 0.5) is 0 Å². The van der Waals surface area contributed by atoms with E-state index in [9.17, 15) is 4.79 Å². The van der Waals surface area contributed by atoms with Crippen molar-refractivity contribution >= 4 is 17.7 Å².